The van der Waals surface area contributed by atoms with Gasteiger partial charge in [0.1, 0.15) is 0 Å². The summed E-state index contributed by atoms with van der Waals surface area (Å²) in [5.74, 6) is -0.894. The molecule has 0 aromatic rings. The van der Waals surface area contributed by atoms with Crippen molar-refractivity contribution >= 4 is 5.97 Å². The number of carbonyl (C=O) groups is 1. The molecule has 0 aliphatic carbocycles. The third-order valence-corrected chi connectivity index (χ3v) is 11.3. The molecule has 0 atom stereocenters. The summed E-state index contributed by atoms with van der Waals surface area (Å²) < 4.78 is 0. The number of carbonyl (C=O) groups excluding carboxylic acids is 1. The van der Waals surface area contributed by atoms with E-state index in [2.05, 4.69) is 18.7 Å². The fourth-order valence-electron chi connectivity index (χ4n) is 7.77. The summed E-state index contributed by atoms with van der Waals surface area (Å²) in [5, 5.41) is 10.8. The van der Waals surface area contributed by atoms with Gasteiger partial charge in [-0.3, -0.25) is 0 Å². The first-order valence-electron chi connectivity index (χ1n) is 23.6. The van der Waals surface area contributed by atoms with E-state index in [1.165, 1.54) is 257 Å². The SMILES string of the molecule is CCCCCCCCCCCCCCCCCCCCCN(CCCCCCCCCCCCCCCCCCCCC)CCCCC(=O)[O-].[Li+]. The number of carboxylic acid groups (broad SMARTS) is 1. The molecule has 0 heterocycles. The molecular weight excluding hydrogens is 617 g/mol. The van der Waals surface area contributed by atoms with Crippen LogP contribution in [0.25, 0.3) is 0 Å². The Morgan fingerprint density at radius 3 is 0.686 bits per heavy atom. The van der Waals surface area contributed by atoms with Crippen LogP contribution in [0.15, 0.2) is 0 Å². The van der Waals surface area contributed by atoms with Crippen LogP contribution in [0.1, 0.15) is 277 Å². The molecule has 0 aromatic heterocycles. The predicted molar refractivity (Wildman–Crippen MR) is 222 cm³/mol. The Bertz CT molecular complexity index is 587. The second-order valence-corrected chi connectivity index (χ2v) is 16.4. The number of unbranched alkanes of at least 4 members (excludes halogenated alkanes) is 37. The minimum atomic E-state index is -0.894. The van der Waals surface area contributed by atoms with Crippen molar-refractivity contribution < 1.29 is 28.8 Å². The Hall–Kier alpha value is 0.0274. The van der Waals surface area contributed by atoms with E-state index in [1.807, 2.05) is 0 Å². The van der Waals surface area contributed by atoms with Crippen molar-refractivity contribution in [2.24, 2.45) is 0 Å². The molecule has 0 fully saturated rings. The summed E-state index contributed by atoms with van der Waals surface area (Å²) in [6.45, 7) is 8.06. The molecule has 0 radical (unpaired) electrons. The number of hydrogen-bond donors (Lipinski definition) is 0. The predicted octanol–water partition coefficient (Wildman–Crippen LogP) is 12.1. The zero-order chi connectivity index (χ0) is 36.3. The van der Waals surface area contributed by atoms with Gasteiger partial charge in [-0.1, -0.05) is 245 Å². The smallest absolute Gasteiger partial charge is 0.550 e. The van der Waals surface area contributed by atoms with Crippen LogP contribution in [0, 0.1) is 0 Å². The van der Waals surface area contributed by atoms with Crippen molar-refractivity contribution in [2.75, 3.05) is 19.6 Å². The van der Waals surface area contributed by atoms with E-state index in [1.54, 1.807) is 0 Å². The summed E-state index contributed by atoms with van der Waals surface area (Å²) in [6, 6.07) is 0. The summed E-state index contributed by atoms with van der Waals surface area (Å²) in [4.78, 5) is 13.5. The van der Waals surface area contributed by atoms with Gasteiger partial charge in [-0.15, -0.1) is 0 Å². The van der Waals surface area contributed by atoms with Gasteiger partial charge in [0.2, 0.25) is 0 Å². The third kappa shape index (κ3) is 48.0. The minimum Gasteiger partial charge on any atom is -0.550 e. The van der Waals surface area contributed by atoms with Gasteiger partial charge in [0.15, 0.2) is 0 Å². The molecule has 0 aromatic carbocycles. The zero-order valence-electron chi connectivity index (χ0n) is 35.9. The van der Waals surface area contributed by atoms with E-state index in [-0.39, 0.29) is 25.3 Å². The van der Waals surface area contributed by atoms with Crippen LogP contribution < -0.4 is 24.0 Å². The Balaban J connectivity index is 0. The van der Waals surface area contributed by atoms with Crippen LogP contribution in [0.4, 0.5) is 0 Å². The molecule has 4 heteroatoms. The van der Waals surface area contributed by atoms with E-state index in [9.17, 15) is 9.90 Å². The maximum absolute atomic E-state index is 10.8. The first-order chi connectivity index (χ1) is 24.7. The van der Waals surface area contributed by atoms with Gasteiger partial charge in [-0.05, 0) is 51.7 Å². The maximum Gasteiger partial charge on any atom is 1.00 e. The zero-order valence-corrected chi connectivity index (χ0v) is 35.9. The van der Waals surface area contributed by atoms with Crippen LogP contribution in [0.5, 0.6) is 0 Å². The topological polar surface area (TPSA) is 43.4 Å². The molecule has 0 unspecified atom stereocenters. The molecular formula is C47H94LiNO2. The molecule has 0 N–H and O–H groups in total. The summed E-state index contributed by atoms with van der Waals surface area (Å²) in [7, 11) is 0. The molecule has 0 aliphatic heterocycles. The summed E-state index contributed by atoms with van der Waals surface area (Å²) in [5.41, 5.74) is 0. The van der Waals surface area contributed by atoms with Gasteiger partial charge in [0.05, 0.1) is 0 Å². The first kappa shape index (κ1) is 53.1. The fourth-order valence-corrected chi connectivity index (χ4v) is 7.77. The molecule has 3 nitrogen and oxygen atoms in total. The van der Waals surface area contributed by atoms with Gasteiger partial charge < -0.3 is 14.8 Å². The first-order valence-corrected chi connectivity index (χ1v) is 23.6. The standard InChI is InChI=1S/C47H95NO2.Li/c1-3-5-7-9-11-13-15-17-19-21-23-25-27-29-31-33-35-37-40-44-48(46-42-39-43-47(49)50)45-41-38-36-34-32-30-28-26-24-22-20-18-16-14-12-10-8-6-4-2;/h3-46H2,1-2H3,(H,49,50);/q;+1/p-1. The van der Waals surface area contributed by atoms with Gasteiger partial charge in [-0.25, -0.2) is 0 Å². The maximum atomic E-state index is 10.8. The molecule has 0 saturated heterocycles. The number of aliphatic carboxylic acids is 1. The van der Waals surface area contributed by atoms with Gasteiger partial charge in [-0.2, -0.15) is 0 Å². The largest absolute Gasteiger partial charge is 1.00 e. The molecule has 0 spiro atoms. The Morgan fingerprint density at radius 2 is 0.490 bits per heavy atom. The van der Waals surface area contributed by atoms with Crippen LogP contribution in [0.2, 0.25) is 0 Å². The van der Waals surface area contributed by atoms with Crippen molar-refractivity contribution in [2.45, 2.75) is 277 Å². The van der Waals surface area contributed by atoms with E-state index in [0.717, 1.165) is 19.4 Å². The molecule has 51 heavy (non-hydrogen) atoms. The number of hydrogen-bond acceptors (Lipinski definition) is 3. The van der Waals surface area contributed by atoms with Crippen molar-refractivity contribution in [3.63, 3.8) is 0 Å². The molecule has 0 rings (SSSR count). The van der Waals surface area contributed by atoms with Crippen molar-refractivity contribution in [3.05, 3.63) is 0 Å². The van der Waals surface area contributed by atoms with Gasteiger partial charge in [0.25, 0.3) is 0 Å². The van der Waals surface area contributed by atoms with Crippen LogP contribution in [-0.4, -0.2) is 30.5 Å². The normalized spacial score (nSPS) is 11.4. The number of rotatable bonds is 45. The van der Waals surface area contributed by atoms with Gasteiger partial charge in [0, 0.05) is 5.97 Å². The van der Waals surface area contributed by atoms with E-state index >= 15 is 0 Å². The second kappa shape index (κ2) is 48.0. The molecule has 300 valence electrons. The fraction of sp³-hybridized carbons (Fsp3) is 0.979. The van der Waals surface area contributed by atoms with E-state index in [4.69, 9.17) is 0 Å². The van der Waals surface area contributed by atoms with Crippen molar-refractivity contribution in [3.8, 4) is 0 Å². The molecule has 0 bridgehead atoms. The average Bonchev–Trinajstić information content (AvgIpc) is 3.11. The number of nitrogens with zero attached hydrogens (tertiary/aromatic N) is 1. The monoisotopic (exact) mass is 712 g/mol. The Kier molecular flexibility index (Phi) is 50.1. The Labute approximate surface area is 335 Å². The van der Waals surface area contributed by atoms with Crippen LogP contribution in [-0.2, 0) is 4.79 Å². The number of carboxylic acids is 1. The van der Waals surface area contributed by atoms with Crippen molar-refractivity contribution in [1.29, 1.82) is 0 Å². The summed E-state index contributed by atoms with van der Waals surface area (Å²) in [6.07, 6.45) is 56.2. The van der Waals surface area contributed by atoms with E-state index in [0.29, 0.717) is 0 Å². The third-order valence-electron chi connectivity index (χ3n) is 11.3. The van der Waals surface area contributed by atoms with Crippen LogP contribution in [0.3, 0.4) is 0 Å². The van der Waals surface area contributed by atoms with Gasteiger partial charge >= 0.3 is 18.9 Å². The Morgan fingerprint density at radius 1 is 0.314 bits per heavy atom. The second-order valence-electron chi connectivity index (χ2n) is 16.4. The van der Waals surface area contributed by atoms with Crippen LogP contribution >= 0.6 is 0 Å². The van der Waals surface area contributed by atoms with E-state index < -0.39 is 5.97 Å². The summed E-state index contributed by atoms with van der Waals surface area (Å²) >= 11 is 0. The molecule has 0 saturated carbocycles. The average molecular weight is 712 g/mol. The molecule has 0 aliphatic rings. The minimum absolute atomic E-state index is 0. The van der Waals surface area contributed by atoms with Crippen molar-refractivity contribution in [1.82, 2.24) is 4.90 Å². The quantitative estimate of drug-likeness (QED) is 0.0466. The molecule has 0 amide bonds.